The number of carbonyl (C=O) groups excluding carboxylic acids is 2. The summed E-state index contributed by atoms with van der Waals surface area (Å²) in [5, 5.41) is 5.71. The zero-order valence-corrected chi connectivity index (χ0v) is 14.4. The van der Waals surface area contributed by atoms with E-state index in [4.69, 9.17) is 0 Å². The average Bonchev–Trinajstić information content (AvgIpc) is 3.28. The SMILES string of the molecule is C[C@@H](NC(=O)C1CCCC1)C(=O)Nc1cccc(Cn2ccnc2)c1. The van der Waals surface area contributed by atoms with Crippen LogP contribution >= 0.6 is 0 Å². The third-order valence-electron chi connectivity index (χ3n) is 4.60. The highest BCUT2D eigenvalue weighted by Crippen LogP contribution is 2.24. The van der Waals surface area contributed by atoms with E-state index >= 15 is 0 Å². The van der Waals surface area contributed by atoms with Gasteiger partial charge in [0.25, 0.3) is 0 Å². The fourth-order valence-electron chi connectivity index (χ4n) is 3.17. The van der Waals surface area contributed by atoms with Gasteiger partial charge in [0, 0.05) is 30.5 Å². The lowest BCUT2D eigenvalue weighted by atomic mass is 10.1. The van der Waals surface area contributed by atoms with Gasteiger partial charge in [-0.1, -0.05) is 25.0 Å². The van der Waals surface area contributed by atoms with Crippen molar-refractivity contribution >= 4 is 17.5 Å². The lowest BCUT2D eigenvalue weighted by molar-refractivity contribution is -0.128. The van der Waals surface area contributed by atoms with Crippen molar-refractivity contribution in [2.75, 3.05) is 5.32 Å². The molecule has 0 saturated heterocycles. The van der Waals surface area contributed by atoms with Gasteiger partial charge in [0.15, 0.2) is 0 Å². The minimum absolute atomic E-state index is 0.00555. The van der Waals surface area contributed by atoms with Crippen LogP contribution in [-0.2, 0) is 16.1 Å². The molecule has 6 nitrogen and oxygen atoms in total. The highest BCUT2D eigenvalue weighted by Gasteiger charge is 2.25. The highest BCUT2D eigenvalue weighted by molar-refractivity contribution is 5.97. The molecule has 1 aromatic heterocycles. The number of aromatic nitrogens is 2. The summed E-state index contributed by atoms with van der Waals surface area (Å²) in [6, 6.07) is 7.14. The zero-order valence-electron chi connectivity index (χ0n) is 14.4. The van der Waals surface area contributed by atoms with Gasteiger partial charge in [0.05, 0.1) is 6.33 Å². The maximum absolute atomic E-state index is 12.4. The van der Waals surface area contributed by atoms with Crippen LogP contribution in [0.15, 0.2) is 43.0 Å². The van der Waals surface area contributed by atoms with E-state index < -0.39 is 6.04 Å². The summed E-state index contributed by atoms with van der Waals surface area (Å²) in [6.07, 6.45) is 9.44. The van der Waals surface area contributed by atoms with Crippen molar-refractivity contribution in [3.8, 4) is 0 Å². The van der Waals surface area contributed by atoms with E-state index in [1.807, 2.05) is 35.0 Å². The molecule has 1 fully saturated rings. The highest BCUT2D eigenvalue weighted by atomic mass is 16.2. The third-order valence-corrected chi connectivity index (χ3v) is 4.60. The molecule has 1 aliphatic rings. The van der Waals surface area contributed by atoms with Crippen molar-refractivity contribution in [3.05, 3.63) is 48.5 Å². The summed E-state index contributed by atoms with van der Waals surface area (Å²) in [7, 11) is 0. The van der Waals surface area contributed by atoms with Crippen molar-refractivity contribution in [1.82, 2.24) is 14.9 Å². The maximum Gasteiger partial charge on any atom is 0.246 e. The van der Waals surface area contributed by atoms with Gasteiger partial charge in [0.1, 0.15) is 6.04 Å². The number of nitrogens with one attached hydrogen (secondary N) is 2. The van der Waals surface area contributed by atoms with E-state index in [1.54, 1.807) is 19.4 Å². The molecular formula is C19H24N4O2. The molecule has 1 aromatic carbocycles. The van der Waals surface area contributed by atoms with Crippen LogP contribution in [0.3, 0.4) is 0 Å². The van der Waals surface area contributed by atoms with Crippen LogP contribution in [0.5, 0.6) is 0 Å². The summed E-state index contributed by atoms with van der Waals surface area (Å²) in [5.41, 5.74) is 1.79. The first-order valence-corrected chi connectivity index (χ1v) is 8.78. The zero-order chi connectivity index (χ0) is 17.6. The van der Waals surface area contributed by atoms with Gasteiger partial charge in [-0.05, 0) is 37.5 Å². The van der Waals surface area contributed by atoms with E-state index in [2.05, 4.69) is 15.6 Å². The van der Waals surface area contributed by atoms with Crippen LogP contribution in [0.1, 0.15) is 38.2 Å². The Bertz CT molecular complexity index is 721. The monoisotopic (exact) mass is 340 g/mol. The summed E-state index contributed by atoms with van der Waals surface area (Å²) in [5.74, 6) is -0.145. The number of amides is 2. The molecule has 0 bridgehead atoms. The Morgan fingerprint density at radius 1 is 1.32 bits per heavy atom. The molecule has 1 atom stereocenters. The summed E-state index contributed by atoms with van der Waals surface area (Å²) >= 11 is 0. The minimum Gasteiger partial charge on any atom is -0.344 e. The number of benzene rings is 1. The van der Waals surface area contributed by atoms with Gasteiger partial charge < -0.3 is 15.2 Å². The molecule has 132 valence electrons. The van der Waals surface area contributed by atoms with Crippen LogP contribution in [0.2, 0.25) is 0 Å². The van der Waals surface area contributed by atoms with Gasteiger partial charge in [-0.2, -0.15) is 0 Å². The molecule has 6 heteroatoms. The van der Waals surface area contributed by atoms with Crippen molar-refractivity contribution in [3.63, 3.8) is 0 Å². The number of carbonyl (C=O) groups is 2. The van der Waals surface area contributed by atoms with Crippen LogP contribution in [0.4, 0.5) is 5.69 Å². The van der Waals surface area contributed by atoms with Crippen molar-refractivity contribution in [2.24, 2.45) is 5.92 Å². The summed E-state index contributed by atoms with van der Waals surface area (Å²) < 4.78 is 1.96. The van der Waals surface area contributed by atoms with Gasteiger partial charge in [0.2, 0.25) is 11.8 Å². The number of imidazole rings is 1. The van der Waals surface area contributed by atoms with Gasteiger partial charge in [-0.15, -0.1) is 0 Å². The number of nitrogens with zero attached hydrogens (tertiary/aromatic N) is 2. The molecule has 1 heterocycles. The molecule has 2 aromatic rings. The Morgan fingerprint density at radius 3 is 2.84 bits per heavy atom. The van der Waals surface area contributed by atoms with E-state index in [0.29, 0.717) is 6.54 Å². The molecule has 25 heavy (non-hydrogen) atoms. The lowest BCUT2D eigenvalue weighted by Gasteiger charge is -2.17. The molecule has 2 amide bonds. The second-order valence-electron chi connectivity index (χ2n) is 6.64. The second kappa shape index (κ2) is 7.96. The molecular weight excluding hydrogens is 316 g/mol. The smallest absolute Gasteiger partial charge is 0.246 e. The molecule has 0 unspecified atom stereocenters. The molecule has 1 saturated carbocycles. The van der Waals surface area contributed by atoms with Crippen LogP contribution in [0, 0.1) is 5.92 Å². The number of anilines is 1. The Kier molecular flexibility index (Phi) is 5.48. The third kappa shape index (κ3) is 4.68. The van der Waals surface area contributed by atoms with E-state index in [-0.39, 0.29) is 17.7 Å². The molecule has 0 radical (unpaired) electrons. The van der Waals surface area contributed by atoms with Crippen LogP contribution in [-0.4, -0.2) is 27.4 Å². The number of hydrogen-bond acceptors (Lipinski definition) is 3. The van der Waals surface area contributed by atoms with Crippen molar-refractivity contribution in [2.45, 2.75) is 45.2 Å². The first-order valence-electron chi connectivity index (χ1n) is 8.78. The molecule has 2 N–H and O–H groups in total. The van der Waals surface area contributed by atoms with E-state index in [0.717, 1.165) is 36.9 Å². The normalized spacial score (nSPS) is 15.7. The molecule has 0 aliphatic heterocycles. The molecule has 1 aliphatic carbocycles. The minimum atomic E-state index is -0.551. The average molecular weight is 340 g/mol. The Morgan fingerprint density at radius 2 is 2.12 bits per heavy atom. The van der Waals surface area contributed by atoms with Crippen LogP contribution in [0.25, 0.3) is 0 Å². The molecule has 3 rings (SSSR count). The first kappa shape index (κ1) is 17.2. The predicted octanol–water partition coefficient (Wildman–Crippen LogP) is 2.56. The van der Waals surface area contributed by atoms with Crippen molar-refractivity contribution in [1.29, 1.82) is 0 Å². The van der Waals surface area contributed by atoms with Gasteiger partial charge >= 0.3 is 0 Å². The van der Waals surface area contributed by atoms with E-state index in [1.165, 1.54) is 0 Å². The molecule has 0 spiro atoms. The predicted molar refractivity (Wildman–Crippen MR) is 96.0 cm³/mol. The lowest BCUT2D eigenvalue weighted by Crippen LogP contribution is -2.43. The van der Waals surface area contributed by atoms with Gasteiger partial charge in [-0.3, -0.25) is 9.59 Å². The first-order chi connectivity index (χ1) is 12.1. The Balaban J connectivity index is 1.55. The Labute approximate surface area is 147 Å². The summed E-state index contributed by atoms with van der Waals surface area (Å²) in [6.45, 7) is 2.41. The standard InChI is InChI=1S/C19H24N4O2/c1-14(21-19(25)16-6-2-3-7-16)18(24)22-17-8-4-5-15(11-17)12-23-10-9-20-13-23/h4-5,8-11,13-14,16H,2-3,6-7,12H2,1H3,(H,21,25)(H,22,24)/t14-/m1/s1. The largest absolute Gasteiger partial charge is 0.344 e. The quantitative estimate of drug-likeness (QED) is 0.848. The number of rotatable bonds is 6. The fourth-order valence-corrected chi connectivity index (χ4v) is 3.17. The maximum atomic E-state index is 12.4. The topological polar surface area (TPSA) is 76.0 Å². The fraction of sp³-hybridized carbons (Fsp3) is 0.421. The summed E-state index contributed by atoms with van der Waals surface area (Å²) in [4.78, 5) is 28.5. The Hall–Kier alpha value is -2.63. The van der Waals surface area contributed by atoms with E-state index in [9.17, 15) is 9.59 Å². The number of hydrogen-bond donors (Lipinski definition) is 2. The van der Waals surface area contributed by atoms with Crippen molar-refractivity contribution < 1.29 is 9.59 Å². The van der Waals surface area contributed by atoms with Crippen LogP contribution < -0.4 is 10.6 Å². The van der Waals surface area contributed by atoms with Gasteiger partial charge in [-0.25, -0.2) is 4.98 Å². The second-order valence-corrected chi connectivity index (χ2v) is 6.64.